The van der Waals surface area contributed by atoms with E-state index in [0.717, 1.165) is 36.3 Å². The average molecular weight is 285 g/mol. The second-order valence-electron chi connectivity index (χ2n) is 6.99. The van der Waals surface area contributed by atoms with Crippen LogP contribution in [0, 0.1) is 23.3 Å². The second-order valence-corrected chi connectivity index (χ2v) is 11.7. The molecular weight excluding hydrogens is 262 g/mol. The molecule has 2 fully saturated rings. The van der Waals surface area contributed by atoms with Gasteiger partial charge in [0.2, 0.25) is 0 Å². The van der Waals surface area contributed by atoms with Crippen molar-refractivity contribution in [2.45, 2.75) is 19.6 Å². The number of hydrogen-bond acceptors (Lipinski definition) is 3. The predicted molar refractivity (Wildman–Crippen MR) is 86.5 cm³/mol. The summed E-state index contributed by atoms with van der Waals surface area (Å²) < 4.78 is 0. The van der Waals surface area contributed by atoms with Crippen molar-refractivity contribution in [2.75, 3.05) is 31.1 Å². The molecule has 0 amide bonds. The summed E-state index contributed by atoms with van der Waals surface area (Å²) in [4.78, 5) is 7.03. The minimum absolute atomic E-state index is 0.808. The molecule has 2 aliphatic heterocycles. The molecule has 4 heteroatoms. The zero-order valence-corrected chi connectivity index (χ0v) is 13.6. The molecule has 0 aromatic carbocycles. The van der Waals surface area contributed by atoms with Crippen molar-refractivity contribution in [3.05, 3.63) is 23.9 Å². The predicted octanol–water partition coefficient (Wildman–Crippen LogP) is 1.97. The molecule has 1 aromatic heterocycles. The van der Waals surface area contributed by atoms with Gasteiger partial charge in [0, 0.05) is 37.9 Å². The van der Waals surface area contributed by atoms with Crippen LogP contribution in [-0.4, -0.2) is 39.2 Å². The Morgan fingerprint density at radius 3 is 2.45 bits per heavy atom. The van der Waals surface area contributed by atoms with Crippen LogP contribution in [0.25, 0.3) is 0 Å². The molecule has 0 radical (unpaired) electrons. The molecule has 0 bridgehead atoms. The van der Waals surface area contributed by atoms with Crippen molar-refractivity contribution in [1.29, 1.82) is 0 Å². The van der Waals surface area contributed by atoms with Crippen LogP contribution < -0.4 is 10.2 Å². The molecule has 2 aliphatic rings. The van der Waals surface area contributed by atoms with Crippen LogP contribution in [0.4, 0.5) is 5.82 Å². The lowest BCUT2D eigenvalue weighted by Crippen LogP contribution is -2.26. The highest BCUT2D eigenvalue weighted by Crippen LogP contribution is 2.29. The summed E-state index contributed by atoms with van der Waals surface area (Å²) in [5.41, 5.74) is 4.43. The summed E-state index contributed by atoms with van der Waals surface area (Å²) in [6, 6.07) is 4.24. The lowest BCUT2D eigenvalue weighted by Gasteiger charge is -2.18. The van der Waals surface area contributed by atoms with Crippen molar-refractivity contribution in [2.24, 2.45) is 11.8 Å². The maximum Gasteiger partial charge on any atom is 0.129 e. The van der Waals surface area contributed by atoms with E-state index < -0.39 is 8.07 Å². The highest BCUT2D eigenvalue weighted by molar-refractivity contribution is 6.83. The first kappa shape index (κ1) is 13.7. The summed E-state index contributed by atoms with van der Waals surface area (Å²) in [5, 5.41) is 3.47. The molecule has 1 aromatic rings. The van der Waals surface area contributed by atoms with Gasteiger partial charge < -0.3 is 10.2 Å². The number of rotatable bonds is 1. The average Bonchev–Trinajstić information content (AvgIpc) is 2.97. The lowest BCUT2D eigenvalue weighted by molar-refractivity contribution is 0.533. The Labute approximate surface area is 122 Å². The molecule has 0 unspecified atom stereocenters. The molecule has 1 N–H and O–H groups in total. The number of fused-ring (bicyclic) bond motifs is 1. The second kappa shape index (κ2) is 5.23. The van der Waals surface area contributed by atoms with Gasteiger partial charge in [-0.25, -0.2) is 4.98 Å². The number of nitrogens with one attached hydrogen (secondary N) is 1. The first-order valence-electron chi connectivity index (χ1n) is 7.46. The number of aromatic nitrogens is 1. The van der Waals surface area contributed by atoms with Gasteiger partial charge in [-0.2, -0.15) is 0 Å². The molecule has 2 saturated heterocycles. The molecule has 3 heterocycles. The molecule has 0 spiro atoms. The van der Waals surface area contributed by atoms with Crippen LogP contribution in [0.2, 0.25) is 19.6 Å². The Morgan fingerprint density at radius 1 is 1.20 bits per heavy atom. The smallest absolute Gasteiger partial charge is 0.129 e. The van der Waals surface area contributed by atoms with Gasteiger partial charge in [-0.1, -0.05) is 25.6 Å². The molecule has 3 rings (SSSR count). The first-order chi connectivity index (χ1) is 9.51. The summed E-state index contributed by atoms with van der Waals surface area (Å²) in [5.74, 6) is 5.99. The van der Waals surface area contributed by atoms with Crippen molar-refractivity contribution in [1.82, 2.24) is 10.3 Å². The van der Waals surface area contributed by atoms with Gasteiger partial charge in [-0.15, -0.1) is 5.54 Å². The minimum Gasteiger partial charge on any atom is -0.356 e. The Morgan fingerprint density at radius 2 is 1.90 bits per heavy atom. The Balaban J connectivity index is 1.69. The Bertz CT molecular complexity index is 524. The maximum atomic E-state index is 4.61. The molecule has 0 saturated carbocycles. The van der Waals surface area contributed by atoms with Crippen molar-refractivity contribution < 1.29 is 0 Å². The Hall–Kier alpha value is -1.31. The maximum absolute atomic E-state index is 4.61. The van der Waals surface area contributed by atoms with Gasteiger partial charge in [0.15, 0.2) is 0 Å². The fourth-order valence-corrected chi connectivity index (χ4v) is 3.47. The van der Waals surface area contributed by atoms with Gasteiger partial charge in [0.25, 0.3) is 0 Å². The van der Waals surface area contributed by atoms with E-state index >= 15 is 0 Å². The fourth-order valence-electron chi connectivity index (χ4n) is 2.95. The van der Waals surface area contributed by atoms with Crippen LogP contribution >= 0.6 is 0 Å². The van der Waals surface area contributed by atoms with Crippen LogP contribution in [-0.2, 0) is 0 Å². The number of hydrogen-bond donors (Lipinski definition) is 1. The molecule has 3 nitrogen and oxygen atoms in total. The third kappa shape index (κ3) is 3.05. The van der Waals surface area contributed by atoms with Crippen LogP contribution in [0.1, 0.15) is 5.56 Å². The highest BCUT2D eigenvalue weighted by Gasteiger charge is 2.36. The van der Waals surface area contributed by atoms with Crippen LogP contribution in [0.15, 0.2) is 18.3 Å². The normalized spacial score (nSPS) is 25.2. The topological polar surface area (TPSA) is 28.2 Å². The fraction of sp³-hybridized carbons (Fsp3) is 0.562. The molecule has 2 atom stereocenters. The van der Waals surface area contributed by atoms with Crippen LogP contribution in [0.5, 0.6) is 0 Å². The van der Waals surface area contributed by atoms with Crippen molar-refractivity contribution in [3.8, 4) is 11.5 Å². The summed E-state index contributed by atoms with van der Waals surface area (Å²) in [7, 11) is -1.30. The third-order valence-corrected chi connectivity index (χ3v) is 4.92. The van der Waals surface area contributed by atoms with E-state index in [-0.39, 0.29) is 0 Å². The minimum atomic E-state index is -1.30. The monoisotopic (exact) mass is 285 g/mol. The van der Waals surface area contributed by atoms with E-state index in [0.29, 0.717) is 0 Å². The number of nitrogens with zero attached hydrogens (tertiary/aromatic N) is 2. The van der Waals surface area contributed by atoms with Gasteiger partial charge >= 0.3 is 0 Å². The van der Waals surface area contributed by atoms with E-state index in [1.807, 2.05) is 6.20 Å². The summed E-state index contributed by atoms with van der Waals surface area (Å²) in [6.45, 7) is 11.4. The number of pyridine rings is 1. The lowest BCUT2D eigenvalue weighted by atomic mass is 10.0. The quantitative estimate of drug-likeness (QED) is 0.631. The van der Waals surface area contributed by atoms with Gasteiger partial charge in [0.05, 0.1) is 0 Å². The molecular formula is C16H23N3Si. The van der Waals surface area contributed by atoms with E-state index in [9.17, 15) is 0 Å². The van der Waals surface area contributed by atoms with E-state index in [1.54, 1.807) is 0 Å². The van der Waals surface area contributed by atoms with Gasteiger partial charge in [-0.05, 0) is 24.0 Å². The van der Waals surface area contributed by atoms with E-state index in [2.05, 4.69) is 58.4 Å². The van der Waals surface area contributed by atoms with Crippen molar-refractivity contribution >= 4 is 13.9 Å². The van der Waals surface area contributed by atoms with Crippen LogP contribution in [0.3, 0.4) is 0 Å². The summed E-state index contributed by atoms with van der Waals surface area (Å²) >= 11 is 0. The standard InChI is InChI=1S/C16H23N3Si/c1-20(2,3)7-6-13-4-5-16(18-8-13)19-11-14-9-17-10-15(14)12-19/h4-5,8,14-15,17H,9-12H2,1-3H3/t14-,15+. The largest absolute Gasteiger partial charge is 0.356 e. The zero-order valence-electron chi connectivity index (χ0n) is 12.6. The number of anilines is 1. The Kier molecular flexibility index (Phi) is 3.57. The van der Waals surface area contributed by atoms with E-state index in [4.69, 9.17) is 0 Å². The molecule has 106 valence electrons. The summed E-state index contributed by atoms with van der Waals surface area (Å²) in [6.07, 6.45) is 1.93. The SMILES string of the molecule is C[Si](C)(C)C#Cc1ccc(N2C[C@H]3CNC[C@H]3C2)nc1. The zero-order chi connectivity index (χ0) is 14.2. The van der Waals surface area contributed by atoms with Gasteiger partial charge in [-0.3, -0.25) is 0 Å². The molecule has 20 heavy (non-hydrogen) atoms. The first-order valence-corrected chi connectivity index (χ1v) is 11.0. The van der Waals surface area contributed by atoms with Crippen molar-refractivity contribution in [3.63, 3.8) is 0 Å². The van der Waals surface area contributed by atoms with Gasteiger partial charge in [0.1, 0.15) is 13.9 Å². The van der Waals surface area contributed by atoms with E-state index in [1.165, 1.54) is 13.1 Å². The molecule has 0 aliphatic carbocycles. The highest BCUT2D eigenvalue weighted by atomic mass is 28.3. The third-order valence-electron chi connectivity index (χ3n) is 4.04.